The summed E-state index contributed by atoms with van der Waals surface area (Å²) < 4.78 is 5.09. The van der Waals surface area contributed by atoms with Crippen molar-refractivity contribution in [3.63, 3.8) is 0 Å². The third-order valence-electron chi connectivity index (χ3n) is 4.92. The van der Waals surface area contributed by atoms with Crippen LogP contribution in [0.15, 0.2) is 47.3 Å². The predicted molar refractivity (Wildman–Crippen MR) is 108 cm³/mol. The smallest absolute Gasteiger partial charge is 0.254 e. The number of ether oxygens (including phenoxy) is 1. The average molecular weight is 398 g/mol. The van der Waals surface area contributed by atoms with Gasteiger partial charge in [0, 0.05) is 35.8 Å². The second kappa shape index (κ2) is 7.66. The molecule has 7 heteroatoms. The van der Waals surface area contributed by atoms with Crippen LogP contribution in [0.5, 0.6) is 11.5 Å². The number of aromatic hydroxyl groups is 1. The number of benzene rings is 2. The van der Waals surface area contributed by atoms with Gasteiger partial charge in [0.2, 0.25) is 0 Å². The van der Waals surface area contributed by atoms with Gasteiger partial charge in [0.1, 0.15) is 5.82 Å². The third kappa shape index (κ3) is 3.74. The first-order chi connectivity index (χ1) is 13.5. The van der Waals surface area contributed by atoms with E-state index < -0.39 is 0 Å². The summed E-state index contributed by atoms with van der Waals surface area (Å²) in [5.41, 5.74) is 3.24. The van der Waals surface area contributed by atoms with Gasteiger partial charge in [0.25, 0.3) is 5.56 Å². The summed E-state index contributed by atoms with van der Waals surface area (Å²) in [4.78, 5) is 22.3. The Balaban J connectivity index is 1.58. The largest absolute Gasteiger partial charge is 0.504 e. The zero-order valence-corrected chi connectivity index (χ0v) is 16.2. The molecule has 1 aliphatic rings. The van der Waals surface area contributed by atoms with Crippen LogP contribution < -0.4 is 10.3 Å². The van der Waals surface area contributed by atoms with Gasteiger partial charge in [-0.2, -0.15) is 0 Å². The van der Waals surface area contributed by atoms with E-state index in [-0.39, 0.29) is 11.3 Å². The number of aromatic nitrogens is 2. The van der Waals surface area contributed by atoms with Crippen molar-refractivity contribution in [2.75, 3.05) is 13.7 Å². The molecule has 0 fully saturated rings. The Bertz CT molecular complexity index is 1060. The monoisotopic (exact) mass is 397 g/mol. The van der Waals surface area contributed by atoms with Crippen molar-refractivity contribution >= 4 is 11.6 Å². The number of hydrogen-bond donors (Lipinski definition) is 2. The van der Waals surface area contributed by atoms with Crippen LogP contribution in [0, 0.1) is 0 Å². The van der Waals surface area contributed by atoms with Crippen LogP contribution in [0.1, 0.15) is 16.8 Å². The minimum atomic E-state index is -0.0864. The lowest BCUT2D eigenvalue weighted by Gasteiger charge is -2.27. The molecule has 144 valence electrons. The molecule has 1 aromatic heterocycles. The highest BCUT2D eigenvalue weighted by molar-refractivity contribution is 6.30. The minimum Gasteiger partial charge on any atom is -0.504 e. The normalized spacial score (nSPS) is 13.9. The molecule has 0 saturated carbocycles. The summed E-state index contributed by atoms with van der Waals surface area (Å²) in [7, 11) is 1.53. The van der Waals surface area contributed by atoms with Crippen LogP contribution in [-0.4, -0.2) is 33.6 Å². The minimum absolute atomic E-state index is 0.0864. The van der Waals surface area contributed by atoms with Gasteiger partial charge in [-0.05, 0) is 48.4 Å². The molecule has 0 amide bonds. The van der Waals surface area contributed by atoms with Crippen molar-refractivity contribution in [3.8, 4) is 22.9 Å². The van der Waals surface area contributed by atoms with Crippen LogP contribution in [0.4, 0.5) is 0 Å². The zero-order chi connectivity index (χ0) is 19.7. The average Bonchev–Trinajstić information content (AvgIpc) is 2.68. The first-order valence-electron chi connectivity index (χ1n) is 9.00. The summed E-state index contributed by atoms with van der Waals surface area (Å²) in [5, 5.41) is 10.6. The van der Waals surface area contributed by atoms with Gasteiger partial charge in [-0.25, -0.2) is 4.98 Å². The molecular weight excluding hydrogens is 378 g/mol. The number of fused-ring (bicyclic) bond motifs is 1. The number of phenolic OH excluding ortho intramolecular Hbond substituents is 1. The van der Waals surface area contributed by atoms with Crippen molar-refractivity contribution in [2.24, 2.45) is 0 Å². The topological polar surface area (TPSA) is 78.5 Å². The summed E-state index contributed by atoms with van der Waals surface area (Å²) in [6, 6.07) is 12.6. The van der Waals surface area contributed by atoms with Crippen LogP contribution in [0.2, 0.25) is 5.02 Å². The number of methoxy groups -OCH3 is 1. The van der Waals surface area contributed by atoms with Gasteiger partial charge in [0.05, 0.1) is 12.8 Å². The second-order valence-electron chi connectivity index (χ2n) is 6.81. The standard InChI is InChI=1S/C21H20ClN3O3/c1-28-19-7-2-13(10-18(19)26)11-25-9-8-16-17(12-25)23-20(24-21(16)27)14-3-5-15(22)6-4-14/h2-7,10,26H,8-9,11-12H2,1H3,(H,23,24,27). The van der Waals surface area contributed by atoms with Crippen LogP contribution >= 0.6 is 11.6 Å². The lowest BCUT2D eigenvalue weighted by atomic mass is 10.0. The first kappa shape index (κ1) is 18.5. The number of phenols is 1. The first-order valence-corrected chi connectivity index (χ1v) is 9.37. The van der Waals surface area contributed by atoms with Crippen LogP contribution in [-0.2, 0) is 19.5 Å². The number of hydrogen-bond acceptors (Lipinski definition) is 5. The summed E-state index contributed by atoms with van der Waals surface area (Å²) in [5.74, 6) is 1.12. The summed E-state index contributed by atoms with van der Waals surface area (Å²) in [6.07, 6.45) is 0.640. The molecule has 0 unspecified atom stereocenters. The Morgan fingerprint density at radius 1 is 1.25 bits per heavy atom. The van der Waals surface area contributed by atoms with Crippen LogP contribution in [0.3, 0.4) is 0 Å². The van der Waals surface area contributed by atoms with Crippen molar-refractivity contribution in [3.05, 3.63) is 74.7 Å². The highest BCUT2D eigenvalue weighted by Gasteiger charge is 2.21. The molecule has 2 heterocycles. The van der Waals surface area contributed by atoms with E-state index >= 15 is 0 Å². The summed E-state index contributed by atoms with van der Waals surface area (Å²) >= 11 is 5.95. The lowest BCUT2D eigenvalue weighted by Crippen LogP contribution is -2.35. The molecule has 1 aliphatic heterocycles. The van der Waals surface area contributed by atoms with Crippen molar-refractivity contribution in [2.45, 2.75) is 19.5 Å². The van der Waals surface area contributed by atoms with Gasteiger partial charge < -0.3 is 14.8 Å². The number of aromatic amines is 1. The number of nitrogens with one attached hydrogen (secondary N) is 1. The number of nitrogens with zero attached hydrogens (tertiary/aromatic N) is 2. The van der Waals surface area contributed by atoms with E-state index in [0.717, 1.165) is 28.9 Å². The Morgan fingerprint density at radius 2 is 2.04 bits per heavy atom. The quantitative estimate of drug-likeness (QED) is 0.705. The van der Waals surface area contributed by atoms with E-state index in [1.807, 2.05) is 18.2 Å². The molecule has 0 aliphatic carbocycles. The van der Waals surface area contributed by atoms with Gasteiger partial charge in [-0.15, -0.1) is 0 Å². The number of H-pyrrole nitrogens is 1. The third-order valence-corrected chi connectivity index (χ3v) is 5.17. The van der Waals surface area contributed by atoms with E-state index in [4.69, 9.17) is 21.3 Å². The van der Waals surface area contributed by atoms with E-state index in [1.54, 1.807) is 24.3 Å². The summed E-state index contributed by atoms with van der Waals surface area (Å²) in [6.45, 7) is 1.99. The fourth-order valence-electron chi connectivity index (χ4n) is 3.47. The van der Waals surface area contributed by atoms with Crippen LogP contribution in [0.25, 0.3) is 11.4 Å². The lowest BCUT2D eigenvalue weighted by molar-refractivity contribution is 0.240. The molecular formula is C21H20ClN3O3. The van der Waals surface area contributed by atoms with Gasteiger partial charge >= 0.3 is 0 Å². The Labute approximate surface area is 167 Å². The molecule has 28 heavy (non-hydrogen) atoms. The highest BCUT2D eigenvalue weighted by Crippen LogP contribution is 2.28. The molecule has 6 nitrogen and oxygen atoms in total. The molecule has 0 radical (unpaired) electrons. The van der Waals surface area contributed by atoms with E-state index in [0.29, 0.717) is 36.1 Å². The molecule has 2 aromatic carbocycles. The maximum absolute atomic E-state index is 12.5. The molecule has 3 aromatic rings. The van der Waals surface area contributed by atoms with Crippen molar-refractivity contribution in [1.82, 2.24) is 14.9 Å². The maximum Gasteiger partial charge on any atom is 0.254 e. The second-order valence-corrected chi connectivity index (χ2v) is 7.25. The van der Waals surface area contributed by atoms with Crippen molar-refractivity contribution < 1.29 is 9.84 Å². The molecule has 4 rings (SSSR count). The number of rotatable bonds is 4. The molecule has 0 saturated heterocycles. The van der Waals surface area contributed by atoms with E-state index in [2.05, 4.69) is 9.88 Å². The van der Waals surface area contributed by atoms with E-state index in [1.165, 1.54) is 7.11 Å². The molecule has 0 atom stereocenters. The fraction of sp³-hybridized carbons (Fsp3) is 0.238. The molecule has 2 N–H and O–H groups in total. The van der Waals surface area contributed by atoms with Gasteiger partial charge in [0.15, 0.2) is 11.5 Å². The highest BCUT2D eigenvalue weighted by atomic mass is 35.5. The Hall–Kier alpha value is -2.83. The Morgan fingerprint density at radius 3 is 2.75 bits per heavy atom. The SMILES string of the molecule is COc1ccc(CN2CCc3c(nc(-c4ccc(Cl)cc4)[nH]c3=O)C2)cc1O. The molecule has 0 spiro atoms. The van der Waals surface area contributed by atoms with Gasteiger partial charge in [-0.3, -0.25) is 9.69 Å². The predicted octanol–water partition coefficient (Wildman–Crippen LogP) is 3.36. The fourth-order valence-corrected chi connectivity index (χ4v) is 3.59. The van der Waals surface area contributed by atoms with E-state index in [9.17, 15) is 9.90 Å². The molecule has 0 bridgehead atoms. The van der Waals surface area contributed by atoms with Gasteiger partial charge in [-0.1, -0.05) is 17.7 Å². The number of halogens is 1. The Kier molecular flexibility index (Phi) is 5.07. The maximum atomic E-state index is 12.5. The van der Waals surface area contributed by atoms with Crippen molar-refractivity contribution in [1.29, 1.82) is 0 Å². The zero-order valence-electron chi connectivity index (χ0n) is 15.4.